The normalized spacial score (nSPS) is 20.9. The minimum atomic E-state index is -0.307. The van der Waals surface area contributed by atoms with Gasteiger partial charge in [0.25, 0.3) is 0 Å². The van der Waals surface area contributed by atoms with Crippen molar-refractivity contribution in [3.63, 3.8) is 0 Å². The Kier molecular flexibility index (Phi) is 9.51. The van der Waals surface area contributed by atoms with Crippen LogP contribution in [0.2, 0.25) is 0 Å². The van der Waals surface area contributed by atoms with Crippen molar-refractivity contribution in [2.45, 2.75) is 45.4 Å². The molecule has 0 spiro atoms. The van der Waals surface area contributed by atoms with Gasteiger partial charge in [-0.15, -0.1) is 0 Å². The highest BCUT2D eigenvalue weighted by Crippen LogP contribution is 2.39. The third-order valence-electron chi connectivity index (χ3n) is 6.18. The van der Waals surface area contributed by atoms with E-state index in [-0.39, 0.29) is 11.3 Å². The predicted molar refractivity (Wildman–Crippen MR) is 115 cm³/mol. The van der Waals surface area contributed by atoms with Gasteiger partial charge in [0.2, 0.25) is 5.91 Å². The van der Waals surface area contributed by atoms with Crippen molar-refractivity contribution in [1.82, 2.24) is 20.4 Å². The highest BCUT2D eigenvalue weighted by atomic mass is 16.5. The molecule has 1 heterocycles. The summed E-state index contributed by atoms with van der Waals surface area (Å²) in [5.74, 6) is 1.75. The van der Waals surface area contributed by atoms with Gasteiger partial charge < -0.3 is 25.2 Å². The standard InChI is InChI=1S/C21H41N5O2/c1-5-22-20(23-16-18-8-12-26(13-9-18)14-15-28-4)24-17-21(10-6-7-11-21)19(27)25(2)3/h18H,5-17H2,1-4H3,(H2,22,23,24). The summed E-state index contributed by atoms with van der Waals surface area (Å²) in [5.41, 5.74) is -0.307. The van der Waals surface area contributed by atoms with Gasteiger partial charge in [0.15, 0.2) is 5.96 Å². The molecule has 1 aliphatic carbocycles. The first-order valence-electron chi connectivity index (χ1n) is 11.0. The molecule has 28 heavy (non-hydrogen) atoms. The fourth-order valence-corrected chi connectivity index (χ4v) is 4.41. The highest BCUT2D eigenvalue weighted by Gasteiger charge is 2.42. The topological polar surface area (TPSA) is 69.2 Å². The molecule has 2 N–H and O–H groups in total. The van der Waals surface area contributed by atoms with Crippen LogP contribution in [0, 0.1) is 11.3 Å². The van der Waals surface area contributed by atoms with Crippen LogP contribution in [-0.2, 0) is 9.53 Å². The monoisotopic (exact) mass is 395 g/mol. The molecular weight excluding hydrogens is 354 g/mol. The van der Waals surface area contributed by atoms with E-state index >= 15 is 0 Å². The van der Waals surface area contributed by atoms with Crippen LogP contribution in [0.25, 0.3) is 0 Å². The lowest BCUT2D eigenvalue weighted by Gasteiger charge is -2.32. The van der Waals surface area contributed by atoms with E-state index < -0.39 is 0 Å². The number of carbonyl (C=O) groups excluding carboxylic acids is 1. The molecule has 0 aromatic rings. The van der Waals surface area contributed by atoms with Crippen molar-refractivity contribution in [3.05, 3.63) is 0 Å². The molecule has 1 saturated carbocycles. The molecule has 2 fully saturated rings. The van der Waals surface area contributed by atoms with E-state index in [1.54, 1.807) is 12.0 Å². The molecule has 0 aromatic carbocycles. The fraction of sp³-hybridized carbons (Fsp3) is 0.905. The summed E-state index contributed by atoms with van der Waals surface area (Å²) in [7, 11) is 5.48. The third-order valence-corrected chi connectivity index (χ3v) is 6.18. The lowest BCUT2D eigenvalue weighted by atomic mass is 9.85. The number of piperidine rings is 1. The number of rotatable bonds is 9. The first-order valence-corrected chi connectivity index (χ1v) is 11.0. The Morgan fingerprint density at radius 3 is 2.46 bits per heavy atom. The maximum absolute atomic E-state index is 12.8. The Hall–Kier alpha value is -1.34. The summed E-state index contributed by atoms with van der Waals surface area (Å²) < 4.78 is 5.18. The largest absolute Gasteiger partial charge is 0.383 e. The third kappa shape index (κ3) is 6.62. The molecule has 0 bridgehead atoms. The van der Waals surface area contributed by atoms with Gasteiger partial charge in [-0.2, -0.15) is 0 Å². The van der Waals surface area contributed by atoms with Crippen LogP contribution in [0.4, 0.5) is 0 Å². The van der Waals surface area contributed by atoms with Gasteiger partial charge in [0.05, 0.1) is 18.6 Å². The number of amides is 1. The number of hydrogen-bond donors (Lipinski definition) is 2. The van der Waals surface area contributed by atoms with Gasteiger partial charge in [-0.25, -0.2) is 0 Å². The second-order valence-corrected chi connectivity index (χ2v) is 8.54. The fourth-order valence-electron chi connectivity index (χ4n) is 4.41. The molecule has 2 aliphatic rings. The van der Waals surface area contributed by atoms with Gasteiger partial charge in [0, 0.05) is 40.8 Å². The van der Waals surface area contributed by atoms with E-state index in [0.717, 1.165) is 71.0 Å². The molecular formula is C21H41N5O2. The summed E-state index contributed by atoms with van der Waals surface area (Å²) in [6.07, 6.45) is 6.57. The second-order valence-electron chi connectivity index (χ2n) is 8.54. The number of carbonyl (C=O) groups is 1. The van der Waals surface area contributed by atoms with E-state index in [4.69, 9.17) is 9.73 Å². The molecule has 1 saturated heterocycles. The molecule has 7 nitrogen and oxygen atoms in total. The van der Waals surface area contributed by atoms with Crippen molar-refractivity contribution in [3.8, 4) is 0 Å². The molecule has 0 radical (unpaired) electrons. The number of methoxy groups -OCH3 is 1. The maximum atomic E-state index is 12.8. The summed E-state index contributed by atoms with van der Waals surface area (Å²) in [5, 5.41) is 6.88. The van der Waals surface area contributed by atoms with Gasteiger partial charge in [-0.05, 0) is 51.6 Å². The minimum absolute atomic E-state index is 0.230. The first kappa shape index (κ1) is 22.9. The van der Waals surface area contributed by atoms with Gasteiger partial charge in [0.1, 0.15) is 0 Å². The second kappa shape index (κ2) is 11.6. The highest BCUT2D eigenvalue weighted by molar-refractivity contribution is 5.84. The van der Waals surface area contributed by atoms with Crippen molar-refractivity contribution in [1.29, 1.82) is 0 Å². The van der Waals surface area contributed by atoms with Crippen LogP contribution in [-0.4, -0.2) is 88.7 Å². The van der Waals surface area contributed by atoms with Gasteiger partial charge >= 0.3 is 0 Å². The number of aliphatic imine (C=N–C) groups is 1. The molecule has 1 aliphatic heterocycles. The van der Waals surface area contributed by atoms with E-state index in [2.05, 4.69) is 22.5 Å². The van der Waals surface area contributed by atoms with E-state index in [1.165, 1.54) is 12.8 Å². The Balaban J connectivity index is 1.86. The summed E-state index contributed by atoms with van der Waals surface area (Å²) >= 11 is 0. The zero-order valence-electron chi connectivity index (χ0n) is 18.4. The predicted octanol–water partition coefficient (Wildman–Crippen LogP) is 1.55. The van der Waals surface area contributed by atoms with Crippen LogP contribution in [0.5, 0.6) is 0 Å². The number of nitrogens with zero attached hydrogens (tertiary/aromatic N) is 3. The van der Waals surface area contributed by atoms with Gasteiger partial charge in [-0.3, -0.25) is 9.79 Å². The molecule has 162 valence electrons. The van der Waals surface area contributed by atoms with Crippen LogP contribution in [0.3, 0.4) is 0 Å². The van der Waals surface area contributed by atoms with Crippen molar-refractivity contribution >= 4 is 11.9 Å². The van der Waals surface area contributed by atoms with Crippen LogP contribution in [0.1, 0.15) is 45.4 Å². The van der Waals surface area contributed by atoms with E-state index in [0.29, 0.717) is 12.5 Å². The average Bonchev–Trinajstić information content (AvgIpc) is 3.18. The lowest BCUT2D eigenvalue weighted by Crippen LogP contribution is -2.45. The molecule has 1 amide bonds. The van der Waals surface area contributed by atoms with E-state index in [1.807, 2.05) is 14.1 Å². The molecule has 0 unspecified atom stereocenters. The zero-order valence-corrected chi connectivity index (χ0v) is 18.4. The molecule has 0 aromatic heterocycles. The summed E-state index contributed by atoms with van der Waals surface area (Å²) in [4.78, 5) is 21.8. The summed E-state index contributed by atoms with van der Waals surface area (Å²) in [6.45, 7) is 8.56. The molecule has 7 heteroatoms. The number of ether oxygens (including phenoxy) is 1. The Morgan fingerprint density at radius 1 is 1.21 bits per heavy atom. The van der Waals surface area contributed by atoms with Crippen molar-refractivity contribution < 1.29 is 9.53 Å². The quantitative estimate of drug-likeness (QED) is 0.458. The summed E-state index contributed by atoms with van der Waals surface area (Å²) in [6, 6.07) is 0. The van der Waals surface area contributed by atoms with Crippen LogP contribution in [0.15, 0.2) is 4.99 Å². The van der Waals surface area contributed by atoms with E-state index in [9.17, 15) is 4.79 Å². The SMILES string of the molecule is CCNC(=NCC1(C(=O)N(C)C)CCCC1)NCC1CCN(CCOC)CC1. The Bertz CT molecular complexity index is 495. The number of guanidine groups is 1. The average molecular weight is 396 g/mol. The lowest BCUT2D eigenvalue weighted by molar-refractivity contribution is -0.138. The first-order chi connectivity index (χ1) is 13.5. The molecule has 0 atom stereocenters. The van der Waals surface area contributed by atoms with Crippen molar-refractivity contribution in [2.75, 3.05) is 67.1 Å². The van der Waals surface area contributed by atoms with Crippen LogP contribution >= 0.6 is 0 Å². The zero-order chi connectivity index (χ0) is 20.4. The number of nitrogens with one attached hydrogen (secondary N) is 2. The number of hydrogen-bond acceptors (Lipinski definition) is 4. The smallest absolute Gasteiger partial charge is 0.230 e. The minimum Gasteiger partial charge on any atom is -0.383 e. The molecule has 2 rings (SSSR count). The maximum Gasteiger partial charge on any atom is 0.230 e. The Labute approximate surface area is 171 Å². The van der Waals surface area contributed by atoms with Crippen molar-refractivity contribution in [2.24, 2.45) is 16.3 Å². The Morgan fingerprint density at radius 2 is 1.89 bits per heavy atom. The van der Waals surface area contributed by atoms with Crippen LogP contribution < -0.4 is 10.6 Å². The number of likely N-dealkylation sites (tertiary alicyclic amines) is 1. The van der Waals surface area contributed by atoms with Gasteiger partial charge in [-0.1, -0.05) is 12.8 Å².